The van der Waals surface area contributed by atoms with Crippen molar-refractivity contribution in [2.24, 2.45) is 0 Å². The summed E-state index contributed by atoms with van der Waals surface area (Å²) in [6, 6.07) is 0. The first-order valence-corrected chi connectivity index (χ1v) is 5.14. The average molecular weight is 172 g/mol. The lowest BCUT2D eigenvalue weighted by Crippen LogP contribution is -2.23. The molecule has 11 heavy (non-hydrogen) atoms. The van der Waals surface area contributed by atoms with Gasteiger partial charge < -0.3 is 9.53 Å². The molecule has 0 aromatic rings. The second kappa shape index (κ2) is 5.85. The quantitative estimate of drug-likeness (QED) is 0.250. The van der Waals surface area contributed by atoms with Gasteiger partial charge in [0.2, 0.25) is 0 Å². The van der Waals surface area contributed by atoms with Crippen molar-refractivity contribution in [3.05, 3.63) is 12.7 Å². The summed E-state index contributed by atoms with van der Waals surface area (Å²) in [5, 5.41) is 0. The molecule has 0 aliphatic heterocycles. The van der Waals surface area contributed by atoms with Gasteiger partial charge in [0, 0.05) is 6.08 Å². The van der Waals surface area contributed by atoms with Gasteiger partial charge in [-0.25, -0.2) is 4.79 Å². The van der Waals surface area contributed by atoms with Gasteiger partial charge in [-0.3, -0.25) is 0 Å². The zero-order chi connectivity index (χ0) is 8.69. The summed E-state index contributed by atoms with van der Waals surface area (Å²) < 4.78 is 4.86. The number of carbonyl (C=O) groups excluding carboxylic acids is 2. The van der Waals surface area contributed by atoms with E-state index < -0.39 is 15.5 Å². The van der Waals surface area contributed by atoms with Crippen LogP contribution < -0.4 is 0 Å². The van der Waals surface area contributed by atoms with Crippen LogP contribution in [0.3, 0.4) is 0 Å². The first kappa shape index (κ1) is 10.1. The molecule has 0 rings (SSSR count). The fraction of sp³-hybridized carbons (Fsp3) is 0.429. The molecule has 0 aromatic heterocycles. The summed E-state index contributed by atoms with van der Waals surface area (Å²) >= 11 is 0. The number of hydrogen-bond acceptors (Lipinski definition) is 3. The first-order chi connectivity index (χ1) is 5.24. The Morgan fingerprint density at radius 2 is 2.45 bits per heavy atom. The highest BCUT2D eigenvalue weighted by atomic mass is 28.2. The molecule has 0 bridgehead atoms. The zero-order valence-corrected chi connectivity index (χ0v) is 7.99. The van der Waals surface area contributed by atoms with Crippen molar-refractivity contribution in [2.75, 3.05) is 0 Å². The average Bonchev–Trinajstić information content (AvgIpc) is 2.03. The van der Waals surface area contributed by atoms with Crippen molar-refractivity contribution in [1.29, 1.82) is 0 Å². The predicted molar refractivity (Wildman–Crippen MR) is 45.7 cm³/mol. The van der Waals surface area contributed by atoms with Crippen LogP contribution in [0.2, 0.25) is 0 Å². The van der Waals surface area contributed by atoms with Crippen molar-refractivity contribution in [3.63, 3.8) is 0 Å². The van der Waals surface area contributed by atoms with Gasteiger partial charge in [-0.05, 0) is 6.42 Å². The summed E-state index contributed by atoms with van der Waals surface area (Å²) in [7, 11) is -0.888. The topological polar surface area (TPSA) is 43.4 Å². The van der Waals surface area contributed by atoms with E-state index in [1.807, 2.05) is 6.92 Å². The minimum absolute atomic E-state index is 0.155. The number of ether oxygens (including phenoxy) is 1. The molecule has 0 saturated carbocycles. The molecular weight excluding hydrogens is 160 g/mol. The summed E-state index contributed by atoms with van der Waals surface area (Å²) in [4.78, 5) is 20.7. The van der Waals surface area contributed by atoms with Crippen LogP contribution >= 0.6 is 0 Å². The molecule has 0 amide bonds. The van der Waals surface area contributed by atoms with Gasteiger partial charge in [0.15, 0.2) is 0 Å². The molecule has 62 valence electrons. The fourth-order valence-electron chi connectivity index (χ4n) is 0.618. The molecule has 0 heterocycles. The highest BCUT2D eigenvalue weighted by Crippen LogP contribution is 1.95. The minimum Gasteiger partial charge on any atom is -0.463 e. The van der Waals surface area contributed by atoms with Gasteiger partial charge in [0.25, 0.3) is 0 Å². The van der Waals surface area contributed by atoms with E-state index >= 15 is 0 Å². The van der Waals surface area contributed by atoms with E-state index in [-0.39, 0.29) is 5.73 Å². The van der Waals surface area contributed by atoms with Gasteiger partial charge in [0.05, 0.1) is 11.6 Å². The first-order valence-electron chi connectivity index (χ1n) is 3.51. The maximum Gasteiger partial charge on any atom is 0.330 e. The number of hydrogen-bond donors (Lipinski definition) is 0. The Hall–Kier alpha value is -0.903. The molecule has 0 spiro atoms. The largest absolute Gasteiger partial charge is 0.463 e. The molecule has 0 N–H and O–H groups in total. The molecule has 0 aliphatic carbocycles. The normalized spacial score (nSPS) is 12.8. The fourth-order valence-corrected chi connectivity index (χ4v) is 1.43. The van der Waals surface area contributed by atoms with E-state index in [1.165, 1.54) is 0 Å². The lowest BCUT2D eigenvalue weighted by Gasteiger charge is -2.10. The molecular formula is C7H12O3Si. The van der Waals surface area contributed by atoms with Crippen LogP contribution in [0, 0.1) is 0 Å². The van der Waals surface area contributed by atoms with Crippen LogP contribution in [0.5, 0.6) is 0 Å². The molecule has 4 heteroatoms. The highest BCUT2D eigenvalue weighted by molar-refractivity contribution is 6.67. The van der Waals surface area contributed by atoms with Crippen molar-refractivity contribution >= 4 is 21.4 Å². The Bertz CT molecular complexity index is 156. The van der Waals surface area contributed by atoms with Crippen molar-refractivity contribution in [1.82, 2.24) is 0 Å². The lowest BCUT2D eigenvalue weighted by molar-refractivity contribution is -0.139. The van der Waals surface area contributed by atoms with E-state index in [0.29, 0.717) is 6.42 Å². The van der Waals surface area contributed by atoms with Crippen LogP contribution in [-0.2, 0) is 14.3 Å². The Morgan fingerprint density at radius 1 is 1.82 bits per heavy atom. The monoisotopic (exact) mass is 172 g/mol. The Morgan fingerprint density at radius 3 is 2.82 bits per heavy atom. The number of carbonyl (C=O) groups is 2. The second-order valence-corrected chi connectivity index (χ2v) is 3.79. The zero-order valence-electron chi connectivity index (χ0n) is 6.58. The SMILES string of the molecule is C=CC(=O)OC(CC)[SiH2]C=O. The summed E-state index contributed by atoms with van der Waals surface area (Å²) in [5.74, 6) is 0.441. The van der Waals surface area contributed by atoms with Crippen LogP contribution in [0.25, 0.3) is 0 Å². The van der Waals surface area contributed by atoms with Crippen molar-refractivity contribution < 1.29 is 14.3 Å². The van der Waals surface area contributed by atoms with E-state index in [2.05, 4.69) is 6.58 Å². The third kappa shape index (κ3) is 4.49. The Labute approximate surface area is 68.3 Å². The number of esters is 1. The highest BCUT2D eigenvalue weighted by Gasteiger charge is 2.09. The van der Waals surface area contributed by atoms with Gasteiger partial charge in [-0.2, -0.15) is 0 Å². The van der Waals surface area contributed by atoms with E-state index in [9.17, 15) is 9.59 Å². The third-order valence-corrected chi connectivity index (χ3v) is 2.73. The van der Waals surface area contributed by atoms with Crippen molar-refractivity contribution in [2.45, 2.75) is 19.1 Å². The van der Waals surface area contributed by atoms with Gasteiger partial charge in [0.1, 0.15) is 9.52 Å². The Kier molecular flexibility index (Phi) is 5.37. The van der Waals surface area contributed by atoms with E-state index in [4.69, 9.17) is 4.74 Å². The molecule has 3 nitrogen and oxygen atoms in total. The number of rotatable bonds is 5. The molecule has 0 fully saturated rings. The van der Waals surface area contributed by atoms with Gasteiger partial charge in [-0.15, -0.1) is 0 Å². The molecule has 1 unspecified atom stereocenters. The molecule has 0 aromatic carbocycles. The van der Waals surface area contributed by atoms with Gasteiger partial charge >= 0.3 is 5.97 Å². The smallest absolute Gasteiger partial charge is 0.330 e. The summed E-state index contributed by atoms with van der Waals surface area (Å²) in [5.41, 5.74) is -0.155. The van der Waals surface area contributed by atoms with Gasteiger partial charge in [-0.1, -0.05) is 13.5 Å². The third-order valence-electron chi connectivity index (χ3n) is 1.26. The molecule has 0 radical (unpaired) electrons. The van der Waals surface area contributed by atoms with Crippen molar-refractivity contribution in [3.8, 4) is 0 Å². The molecule has 0 saturated heterocycles. The van der Waals surface area contributed by atoms with Crippen LogP contribution in [-0.4, -0.2) is 27.1 Å². The minimum atomic E-state index is -0.888. The summed E-state index contributed by atoms with van der Waals surface area (Å²) in [6.07, 6.45) is 1.83. The maximum atomic E-state index is 10.6. The standard InChI is InChI=1S/C7H12O3Si/c1-3-6(9)10-7(4-2)11-5-8/h3,5,7H,1,4,11H2,2H3. The maximum absolute atomic E-state index is 10.6. The molecule has 1 atom stereocenters. The lowest BCUT2D eigenvalue weighted by atomic mass is 10.5. The van der Waals surface area contributed by atoms with Crippen LogP contribution in [0.4, 0.5) is 0 Å². The second-order valence-electron chi connectivity index (χ2n) is 2.07. The van der Waals surface area contributed by atoms with E-state index in [0.717, 1.165) is 12.0 Å². The summed E-state index contributed by atoms with van der Waals surface area (Å²) in [6.45, 7) is 5.15. The molecule has 0 aliphatic rings. The predicted octanol–water partition coefficient (Wildman–Crippen LogP) is -0.189. The van der Waals surface area contributed by atoms with Crippen LogP contribution in [0.15, 0.2) is 12.7 Å². The van der Waals surface area contributed by atoms with E-state index in [1.54, 1.807) is 0 Å². The Balaban J connectivity index is 3.75. The van der Waals surface area contributed by atoms with Crippen LogP contribution in [0.1, 0.15) is 13.3 Å².